The third kappa shape index (κ3) is 4.33. The quantitative estimate of drug-likeness (QED) is 0.837. The minimum atomic E-state index is -0.339. The number of thiazole rings is 1. The van der Waals surface area contributed by atoms with Crippen LogP contribution in [-0.2, 0) is 16.0 Å². The fourth-order valence-corrected chi connectivity index (χ4v) is 3.54. The molecule has 3 heterocycles. The number of carbonyl (C=O) groups is 2. The van der Waals surface area contributed by atoms with E-state index in [0.29, 0.717) is 26.2 Å². The Labute approximate surface area is 150 Å². The van der Waals surface area contributed by atoms with Crippen LogP contribution in [-0.4, -0.2) is 65.1 Å². The molecule has 2 amide bonds. The van der Waals surface area contributed by atoms with Crippen molar-refractivity contribution in [2.45, 2.75) is 12.8 Å². The summed E-state index contributed by atoms with van der Waals surface area (Å²) in [4.78, 5) is 36.4. The van der Waals surface area contributed by atoms with E-state index in [1.807, 2.05) is 23.6 Å². The van der Waals surface area contributed by atoms with Gasteiger partial charge in [0.05, 0.1) is 24.9 Å². The van der Waals surface area contributed by atoms with E-state index in [1.54, 1.807) is 16.0 Å². The lowest BCUT2D eigenvalue weighted by molar-refractivity contribution is -0.130. The highest BCUT2D eigenvalue weighted by molar-refractivity contribution is 7.13. The van der Waals surface area contributed by atoms with Gasteiger partial charge in [-0.05, 0) is 18.6 Å². The van der Waals surface area contributed by atoms with E-state index in [-0.39, 0.29) is 18.4 Å². The van der Waals surface area contributed by atoms with Gasteiger partial charge in [-0.1, -0.05) is 6.07 Å². The van der Waals surface area contributed by atoms with Crippen LogP contribution in [0.3, 0.4) is 0 Å². The van der Waals surface area contributed by atoms with Crippen molar-refractivity contribution in [3.63, 3.8) is 0 Å². The van der Waals surface area contributed by atoms with E-state index in [4.69, 9.17) is 4.74 Å². The molecule has 1 aliphatic rings. The zero-order chi connectivity index (χ0) is 17.6. The van der Waals surface area contributed by atoms with E-state index >= 15 is 0 Å². The lowest BCUT2D eigenvalue weighted by Crippen LogP contribution is -2.37. The molecule has 2 aromatic rings. The van der Waals surface area contributed by atoms with Gasteiger partial charge < -0.3 is 14.5 Å². The molecule has 132 valence electrons. The number of nitrogens with zero attached hydrogens (tertiary/aromatic N) is 4. The fraction of sp³-hybridized carbons (Fsp3) is 0.412. The van der Waals surface area contributed by atoms with Gasteiger partial charge in [0.2, 0.25) is 5.91 Å². The van der Waals surface area contributed by atoms with Crippen LogP contribution in [0.4, 0.5) is 4.79 Å². The number of methoxy groups -OCH3 is 1. The average Bonchev–Trinajstić information content (AvgIpc) is 2.96. The molecular formula is C17H20N4O3S. The van der Waals surface area contributed by atoms with Gasteiger partial charge in [0.15, 0.2) is 0 Å². The Bertz CT molecular complexity index is 735. The normalized spacial score (nSPS) is 14.9. The van der Waals surface area contributed by atoms with Gasteiger partial charge in [-0.2, -0.15) is 0 Å². The van der Waals surface area contributed by atoms with Crippen molar-refractivity contribution in [1.82, 2.24) is 19.8 Å². The molecule has 3 rings (SSSR count). The molecule has 8 heteroatoms. The topological polar surface area (TPSA) is 75.6 Å². The largest absolute Gasteiger partial charge is 0.453 e. The number of hydrogen-bond acceptors (Lipinski definition) is 6. The van der Waals surface area contributed by atoms with Crippen LogP contribution in [0.5, 0.6) is 0 Å². The fourth-order valence-electron chi connectivity index (χ4n) is 2.74. The Morgan fingerprint density at radius 2 is 2.00 bits per heavy atom. The van der Waals surface area contributed by atoms with E-state index in [1.165, 1.54) is 18.4 Å². The average molecular weight is 360 g/mol. The summed E-state index contributed by atoms with van der Waals surface area (Å²) < 4.78 is 4.75. The number of pyridine rings is 1. The van der Waals surface area contributed by atoms with Crippen LogP contribution in [0.25, 0.3) is 10.7 Å². The van der Waals surface area contributed by atoms with Crippen molar-refractivity contribution in [3.8, 4) is 10.7 Å². The van der Waals surface area contributed by atoms with Crippen LogP contribution in [0.2, 0.25) is 0 Å². The second-order valence-electron chi connectivity index (χ2n) is 5.73. The second kappa shape index (κ2) is 8.06. The molecule has 0 aromatic carbocycles. The van der Waals surface area contributed by atoms with Crippen molar-refractivity contribution >= 4 is 23.3 Å². The van der Waals surface area contributed by atoms with Crippen LogP contribution in [0, 0.1) is 0 Å². The smallest absolute Gasteiger partial charge is 0.409 e. The lowest BCUT2D eigenvalue weighted by Gasteiger charge is -2.21. The van der Waals surface area contributed by atoms with E-state index in [0.717, 1.165) is 22.8 Å². The van der Waals surface area contributed by atoms with Crippen molar-refractivity contribution in [2.75, 3.05) is 33.3 Å². The third-order valence-corrected chi connectivity index (χ3v) is 4.96. The van der Waals surface area contributed by atoms with Crippen LogP contribution in [0.1, 0.15) is 12.1 Å². The first kappa shape index (κ1) is 17.3. The highest BCUT2D eigenvalue weighted by Gasteiger charge is 2.23. The van der Waals surface area contributed by atoms with Crippen molar-refractivity contribution in [3.05, 3.63) is 35.5 Å². The van der Waals surface area contributed by atoms with E-state index in [9.17, 15) is 9.59 Å². The van der Waals surface area contributed by atoms with Crippen molar-refractivity contribution in [2.24, 2.45) is 0 Å². The first-order valence-electron chi connectivity index (χ1n) is 8.14. The van der Waals surface area contributed by atoms with Gasteiger partial charge in [0.25, 0.3) is 0 Å². The molecule has 2 aromatic heterocycles. The number of ether oxygens (including phenoxy) is 1. The summed E-state index contributed by atoms with van der Waals surface area (Å²) in [5, 5.41) is 2.72. The minimum Gasteiger partial charge on any atom is -0.453 e. The summed E-state index contributed by atoms with van der Waals surface area (Å²) in [5.41, 5.74) is 1.57. The Morgan fingerprint density at radius 3 is 2.76 bits per heavy atom. The Balaban J connectivity index is 1.59. The lowest BCUT2D eigenvalue weighted by atomic mass is 10.3. The Hall–Kier alpha value is -2.48. The molecule has 0 saturated carbocycles. The third-order valence-electron chi connectivity index (χ3n) is 4.05. The van der Waals surface area contributed by atoms with E-state index < -0.39 is 0 Å². The molecule has 1 aliphatic heterocycles. The first-order chi connectivity index (χ1) is 12.2. The molecule has 1 saturated heterocycles. The van der Waals surface area contributed by atoms with Crippen LogP contribution < -0.4 is 0 Å². The number of aromatic nitrogens is 2. The molecule has 1 fully saturated rings. The summed E-state index contributed by atoms with van der Waals surface area (Å²) in [6.45, 7) is 2.26. The Kier molecular flexibility index (Phi) is 5.60. The molecule has 0 N–H and O–H groups in total. The van der Waals surface area contributed by atoms with Gasteiger partial charge in [-0.15, -0.1) is 11.3 Å². The van der Waals surface area contributed by atoms with Gasteiger partial charge in [-0.25, -0.2) is 9.78 Å². The highest BCUT2D eigenvalue weighted by Crippen LogP contribution is 2.22. The van der Waals surface area contributed by atoms with Gasteiger partial charge in [0, 0.05) is 37.8 Å². The summed E-state index contributed by atoms with van der Waals surface area (Å²) in [6, 6.07) is 5.68. The molecule has 0 spiro atoms. The molecule has 0 bridgehead atoms. The van der Waals surface area contributed by atoms with Crippen LogP contribution >= 0.6 is 11.3 Å². The predicted octanol–water partition coefficient (Wildman–Crippen LogP) is 2.05. The summed E-state index contributed by atoms with van der Waals surface area (Å²) in [7, 11) is 1.37. The maximum atomic E-state index is 12.6. The zero-order valence-electron chi connectivity index (χ0n) is 14.1. The highest BCUT2D eigenvalue weighted by atomic mass is 32.1. The summed E-state index contributed by atoms with van der Waals surface area (Å²) in [5.74, 6) is 0.0320. The molecule has 0 aliphatic carbocycles. The van der Waals surface area contributed by atoms with Gasteiger partial charge >= 0.3 is 6.09 Å². The monoisotopic (exact) mass is 360 g/mol. The van der Waals surface area contributed by atoms with Gasteiger partial charge in [-0.3, -0.25) is 9.78 Å². The van der Waals surface area contributed by atoms with Crippen molar-refractivity contribution < 1.29 is 14.3 Å². The van der Waals surface area contributed by atoms with Crippen LogP contribution in [0.15, 0.2) is 29.8 Å². The maximum Gasteiger partial charge on any atom is 0.409 e. The molecule has 0 radical (unpaired) electrons. The number of amides is 2. The molecule has 7 nitrogen and oxygen atoms in total. The number of carbonyl (C=O) groups excluding carboxylic acids is 2. The number of hydrogen-bond donors (Lipinski definition) is 0. The number of rotatable bonds is 3. The standard InChI is InChI=1S/C17H20N4O3S/c1-24-17(23)21-8-4-7-20(9-10-21)15(22)11-13-12-25-16(19-13)14-5-2-3-6-18-14/h2-3,5-6,12H,4,7-11H2,1H3. The van der Waals surface area contributed by atoms with E-state index in [2.05, 4.69) is 9.97 Å². The molecule has 0 unspecified atom stereocenters. The Morgan fingerprint density at radius 1 is 1.20 bits per heavy atom. The predicted molar refractivity (Wildman–Crippen MR) is 94.2 cm³/mol. The first-order valence-corrected chi connectivity index (χ1v) is 9.02. The second-order valence-corrected chi connectivity index (χ2v) is 6.59. The molecule has 0 atom stereocenters. The summed E-state index contributed by atoms with van der Waals surface area (Å²) in [6.07, 6.45) is 2.40. The SMILES string of the molecule is COC(=O)N1CCCN(C(=O)Cc2csc(-c3ccccn3)n2)CC1. The maximum absolute atomic E-state index is 12.6. The minimum absolute atomic E-state index is 0.0320. The molecule has 25 heavy (non-hydrogen) atoms. The van der Waals surface area contributed by atoms with Crippen molar-refractivity contribution in [1.29, 1.82) is 0 Å². The van der Waals surface area contributed by atoms with Gasteiger partial charge in [0.1, 0.15) is 5.01 Å². The molecular weight excluding hydrogens is 340 g/mol. The summed E-state index contributed by atoms with van der Waals surface area (Å²) >= 11 is 1.49. The zero-order valence-corrected chi connectivity index (χ0v) is 14.9.